The van der Waals surface area contributed by atoms with E-state index in [0.29, 0.717) is 11.4 Å². The second kappa shape index (κ2) is 7.19. The molecular formula is C20H17N5O4. The van der Waals surface area contributed by atoms with Crippen molar-refractivity contribution in [3.8, 4) is 11.3 Å². The van der Waals surface area contributed by atoms with Gasteiger partial charge in [0.05, 0.1) is 16.2 Å². The van der Waals surface area contributed by atoms with Crippen molar-refractivity contribution in [2.24, 2.45) is 5.10 Å². The molecule has 3 aromatic rings. The van der Waals surface area contributed by atoms with Crippen molar-refractivity contribution in [1.29, 1.82) is 0 Å². The number of hydrazone groups is 1. The van der Waals surface area contributed by atoms with Gasteiger partial charge in [-0.25, -0.2) is 0 Å². The molecule has 1 atom stereocenters. The van der Waals surface area contributed by atoms with E-state index in [1.54, 1.807) is 24.3 Å². The summed E-state index contributed by atoms with van der Waals surface area (Å²) >= 11 is 0. The van der Waals surface area contributed by atoms with Crippen molar-refractivity contribution in [2.45, 2.75) is 20.1 Å². The zero-order valence-corrected chi connectivity index (χ0v) is 15.7. The van der Waals surface area contributed by atoms with E-state index in [1.807, 2.05) is 31.2 Å². The Kier molecular flexibility index (Phi) is 4.55. The maximum absolute atomic E-state index is 12.1. The second-order valence-electron chi connectivity index (χ2n) is 6.59. The zero-order chi connectivity index (χ0) is 20.5. The summed E-state index contributed by atoms with van der Waals surface area (Å²) in [6, 6.07) is 15.7. The third-order valence-electron chi connectivity index (χ3n) is 4.52. The molecular weight excluding hydrogens is 374 g/mol. The number of nitro groups is 1. The lowest BCUT2D eigenvalue weighted by Gasteiger charge is -2.18. The van der Waals surface area contributed by atoms with E-state index >= 15 is 0 Å². The number of carbonyl (C=O) groups excluding carboxylic acids is 1. The molecule has 1 N–H and O–H groups in total. The number of ether oxygens (including phenoxy) is 1. The fourth-order valence-corrected chi connectivity index (χ4v) is 3.04. The van der Waals surface area contributed by atoms with Crippen LogP contribution in [0, 0.1) is 17.0 Å². The number of aromatic nitrogens is 2. The van der Waals surface area contributed by atoms with Crippen molar-refractivity contribution < 1.29 is 14.5 Å². The third-order valence-corrected chi connectivity index (χ3v) is 4.52. The fraction of sp³-hybridized carbons (Fsp3) is 0.150. The Morgan fingerprint density at radius 2 is 1.93 bits per heavy atom. The van der Waals surface area contributed by atoms with Crippen LogP contribution in [0.5, 0.6) is 0 Å². The lowest BCUT2D eigenvalue weighted by molar-refractivity contribution is -0.386. The molecule has 146 valence electrons. The second-order valence-corrected chi connectivity index (χ2v) is 6.59. The average molecular weight is 391 g/mol. The molecule has 0 aliphatic carbocycles. The van der Waals surface area contributed by atoms with E-state index in [0.717, 1.165) is 16.1 Å². The van der Waals surface area contributed by atoms with E-state index in [2.05, 4.69) is 15.3 Å². The number of rotatable bonds is 4. The first-order chi connectivity index (χ1) is 13.9. The van der Waals surface area contributed by atoms with Gasteiger partial charge in [0.25, 0.3) is 11.6 Å². The minimum Gasteiger partial charge on any atom is -0.444 e. The Bertz CT molecular complexity index is 1120. The minimum atomic E-state index is -1.03. The quantitative estimate of drug-likeness (QED) is 0.540. The summed E-state index contributed by atoms with van der Waals surface area (Å²) in [5.74, 6) is -0.268. The number of benzene rings is 2. The highest BCUT2D eigenvalue weighted by Crippen LogP contribution is 2.35. The van der Waals surface area contributed by atoms with Gasteiger partial charge in [0.15, 0.2) is 0 Å². The molecule has 4 rings (SSSR count). The van der Waals surface area contributed by atoms with Gasteiger partial charge in [-0.15, -0.1) is 5.10 Å². The molecule has 0 spiro atoms. The first kappa shape index (κ1) is 18.4. The SMILES string of the molecule is CC(=O)N1N=C(c2cc(-c3ccc(C)cc3)n[nH]2)O[C@H]1c1ccccc1[N+](=O)[O-]. The molecule has 1 amide bonds. The summed E-state index contributed by atoms with van der Waals surface area (Å²) in [7, 11) is 0. The fourth-order valence-electron chi connectivity index (χ4n) is 3.04. The van der Waals surface area contributed by atoms with E-state index in [9.17, 15) is 14.9 Å². The third kappa shape index (κ3) is 3.45. The molecule has 1 aliphatic heterocycles. The van der Waals surface area contributed by atoms with Crippen LogP contribution in [0.1, 0.15) is 30.0 Å². The molecule has 9 heteroatoms. The minimum absolute atomic E-state index is 0.134. The number of nitrogens with one attached hydrogen (secondary N) is 1. The van der Waals surface area contributed by atoms with Crippen LogP contribution in [-0.4, -0.2) is 31.9 Å². The van der Waals surface area contributed by atoms with Crippen LogP contribution in [0.15, 0.2) is 59.7 Å². The van der Waals surface area contributed by atoms with E-state index in [-0.39, 0.29) is 17.1 Å². The number of H-pyrrole nitrogens is 1. The van der Waals surface area contributed by atoms with E-state index < -0.39 is 17.1 Å². The maximum Gasteiger partial charge on any atom is 0.278 e. The molecule has 0 unspecified atom stereocenters. The number of aromatic amines is 1. The molecule has 1 aromatic heterocycles. The van der Waals surface area contributed by atoms with E-state index in [4.69, 9.17) is 4.74 Å². The van der Waals surface area contributed by atoms with Gasteiger partial charge in [-0.05, 0) is 19.1 Å². The first-order valence-electron chi connectivity index (χ1n) is 8.85. The molecule has 9 nitrogen and oxygen atoms in total. The Labute approximate surface area is 165 Å². The molecule has 0 bridgehead atoms. The Morgan fingerprint density at radius 3 is 2.62 bits per heavy atom. The normalized spacial score (nSPS) is 15.7. The number of para-hydroxylation sites is 1. The zero-order valence-electron chi connectivity index (χ0n) is 15.7. The largest absolute Gasteiger partial charge is 0.444 e. The van der Waals surface area contributed by atoms with E-state index in [1.165, 1.54) is 13.0 Å². The summed E-state index contributed by atoms with van der Waals surface area (Å²) in [6.07, 6.45) is -1.03. The smallest absolute Gasteiger partial charge is 0.278 e. The summed E-state index contributed by atoms with van der Waals surface area (Å²) in [5.41, 5.74) is 3.30. The van der Waals surface area contributed by atoms with Crippen molar-refractivity contribution in [3.05, 3.63) is 81.5 Å². The molecule has 2 heterocycles. The predicted molar refractivity (Wildman–Crippen MR) is 105 cm³/mol. The highest BCUT2D eigenvalue weighted by molar-refractivity contribution is 5.95. The molecule has 2 aromatic carbocycles. The topological polar surface area (TPSA) is 114 Å². The summed E-state index contributed by atoms with van der Waals surface area (Å²) < 4.78 is 5.85. The number of hydrogen-bond acceptors (Lipinski definition) is 6. The predicted octanol–water partition coefficient (Wildman–Crippen LogP) is 3.53. The molecule has 0 saturated carbocycles. The van der Waals surface area contributed by atoms with Gasteiger partial charge in [-0.1, -0.05) is 42.0 Å². The van der Waals surface area contributed by atoms with Crippen LogP contribution in [0.3, 0.4) is 0 Å². The summed E-state index contributed by atoms with van der Waals surface area (Å²) in [5, 5.41) is 23.8. The van der Waals surface area contributed by atoms with Crippen molar-refractivity contribution in [3.63, 3.8) is 0 Å². The monoisotopic (exact) mass is 391 g/mol. The van der Waals surface area contributed by atoms with Gasteiger partial charge in [0.2, 0.25) is 12.1 Å². The van der Waals surface area contributed by atoms with Crippen LogP contribution < -0.4 is 0 Å². The van der Waals surface area contributed by atoms with Crippen LogP contribution >= 0.6 is 0 Å². The lowest BCUT2D eigenvalue weighted by Crippen LogP contribution is -2.25. The molecule has 0 radical (unpaired) electrons. The number of nitro benzene ring substituents is 1. The highest BCUT2D eigenvalue weighted by Gasteiger charge is 2.37. The summed E-state index contributed by atoms with van der Waals surface area (Å²) in [6.45, 7) is 3.32. The van der Waals surface area contributed by atoms with Gasteiger partial charge < -0.3 is 4.74 Å². The number of aryl methyl sites for hydroxylation is 1. The Morgan fingerprint density at radius 1 is 1.21 bits per heavy atom. The first-order valence-corrected chi connectivity index (χ1v) is 8.85. The van der Waals surface area contributed by atoms with Gasteiger partial charge in [0.1, 0.15) is 5.69 Å². The Balaban J connectivity index is 1.67. The molecule has 29 heavy (non-hydrogen) atoms. The van der Waals surface area contributed by atoms with Gasteiger partial charge in [-0.2, -0.15) is 10.1 Å². The molecule has 0 saturated heterocycles. The Hall–Kier alpha value is -4.01. The highest BCUT2D eigenvalue weighted by atomic mass is 16.6. The van der Waals surface area contributed by atoms with Crippen LogP contribution in [0.25, 0.3) is 11.3 Å². The maximum atomic E-state index is 12.1. The lowest BCUT2D eigenvalue weighted by atomic mass is 10.1. The number of amides is 1. The average Bonchev–Trinajstić information content (AvgIpc) is 3.36. The molecule has 1 aliphatic rings. The van der Waals surface area contributed by atoms with Crippen LogP contribution in [0.4, 0.5) is 5.69 Å². The van der Waals surface area contributed by atoms with Gasteiger partial charge in [0, 0.05) is 18.6 Å². The number of nitrogens with zero attached hydrogens (tertiary/aromatic N) is 4. The van der Waals surface area contributed by atoms with Crippen molar-refractivity contribution >= 4 is 17.5 Å². The van der Waals surface area contributed by atoms with Gasteiger partial charge in [-0.3, -0.25) is 20.0 Å². The van der Waals surface area contributed by atoms with Crippen LogP contribution in [-0.2, 0) is 9.53 Å². The van der Waals surface area contributed by atoms with Crippen LogP contribution in [0.2, 0.25) is 0 Å². The number of carbonyl (C=O) groups is 1. The van der Waals surface area contributed by atoms with Crippen molar-refractivity contribution in [2.75, 3.05) is 0 Å². The molecule has 0 fully saturated rings. The summed E-state index contributed by atoms with van der Waals surface area (Å²) in [4.78, 5) is 23.0. The van der Waals surface area contributed by atoms with Gasteiger partial charge >= 0.3 is 0 Å². The standard InChI is InChI=1S/C20H17N5O4/c1-12-7-9-14(10-8-12)16-11-17(22-21-16)19-23-24(13(2)26)20(29-19)15-5-3-4-6-18(15)25(27)28/h3-11,20H,1-2H3,(H,21,22)/t20-/m0/s1. The van der Waals surface area contributed by atoms with Crippen molar-refractivity contribution in [1.82, 2.24) is 15.2 Å². The number of hydrogen-bond donors (Lipinski definition) is 1.